The third kappa shape index (κ3) is 2.34. The van der Waals surface area contributed by atoms with E-state index in [1.807, 2.05) is 7.05 Å². The number of likely N-dealkylation sites (tertiary alicyclic amines) is 1. The van der Waals surface area contributed by atoms with Gasteiger partial charge in [-0.05, 0) is 66.0 Å². The van der Waals surface area contributed by atoms with Crippen molar-refractivity contribution in [3.63, 3.8) is 0 Å². The Morgan fingerprint density at radius 3 is 2.59 bits per heavy atom. The molecule has 1 heterocycles. The quantitative estimate of drug-likeness (QED) is 0.798. The molecule has 3 heteroatoms. The first-order valence-corrected chi connectivity index (χ1v) is 6.90. The fraction of sp³-hybridized carbons (Fsp3) is 0.929. The summed E-state index contributed by atoms with van der Waals surface area (Å²) in [5, 5.41) is 12.7. The first kappa shape index (κ1) is 12.9. The van der Waals surface area contributed by atoms with Crippen LogP contribution in [0.15, 0.2) is 0 Å². The lowest BCUT2D eigenvalue weighted by atomic mass is 9.78. The highest BCUT2D eigenvalue weighted by Gasteiger charge is 2.43. The minimum atomic E-state index is -0.276. The molecule has 0 aromatic heterocycles. The van der Waals surface area contributed by atoms with Crippen molar-refractivity contribution in [2.45, 2.75) is 69.5 Å². The van der Waals surface area contributed by atoms with Crippen molar-refractivity contribution in [1.82, 2.24) is 10.2 Å². The zero-order valence-electron chi connectivity index (χ0n) is 11.4. The van der Waals surface area contributed by atoms with Crippen LogP contribution in [-0.4, -0.2) is 35.6 Å². The average molecular weight is 235 g/mol. The normalized spacial score (nSPS) is 37.9. The smallest absolute Gasteiger partial charge is 0.108 e. The van der Waals surface area contributed by atoms with Gasteiger partial charge in [0.05, 0.1) is 6.07 Å². The molecule has 2 atom stereocenters. The Hall–Kier alpha value is -0.590. The maximum atomic E-state index is 9.40. The van der Waals surface area contributed by atoms with E-state index in [0.29, 0.717) is 11.6 Å². The summed E-state index contributed by atoms with van der Waals surface area (Å²) in [5.41, 5.74) is 0.0541. The molecular weight excluding hydrogens is 210 g/mol. The summed E-state index contributed by atoms with van der Waals surface area (Å²) in [6.07, 6.45) is 7.03. The molecule has 2 fully saturated rings. The molecule has 1 N–H and O–H groups in total. The van der Waals surface area contributed by atoms with Gasteiger partial charge >= 0.3 is 0 Å². The number of rotatable bonds is 2. The maximum absolute atomic E-state index is 9.40. The van der Waals surface area contributed by atoms with Crippen LogP contribution in [0.5, 0.6) is 0 Å². The fourth-order valence-corrected chi connectivity index (χ4v) is 3.70. The molecule has 0 bridgehead atoms. The van der Waals surface area contributed by atoms with E-state index in [9.17, 15) is 5.26 Å². The Kier molecular flexibility index (Phi) is 3.47. The van der Waals surface area contributed by atoms with Crippen LogP contribution in [0.4, 0.5) is 0 Å². The van der Waals surface area contributed by atoms with Crippen molar-refractivity contribution in [2.24, 2.45) is 0 Å². The summed E-state index contributed by atoms with van der Waals surface area (Å²) >= 11 is 0. The van der Waals surface area contributed by atoms with Crippen molar-refractivity contribution >= 4 is 0 Å². The molecule has 1 saturated carbocycles. The van der Waals surface area contributed by atoms with Crippen LogP contribution in [0.3, 0.4) is 0 Å². The van der Waals surface area contributed by atoms with Gasteiger partial charge in [-0.1, -0.05) is 0 Å². The maximum Gasteiger partial charge on any atom is 0.108 e. The highest BCUT2D eigenvalue weighted by atomic mass is 15.2. The van der Waals surface area contributed by atoms with Crippen LogP contribution in [0, 0.1) is 11.3 Å². The lowest BCUT2D eigenvalue weighted by Crippen LogP contribution is -2.54. The first-order valence-electron chi connectivity index (χ1n) is 6.90. The van der Waals surface area contributed by atoms with Gasteiger partial charge in [0.25, 0.3) is 0 Å². The number of hydrogen-bond donors (Lipinski definition) is 1. The summed E-state index contributed by atoms with van der Waals surface area (Å²) in [5.74, 6) is 0. The topological polar surface area (TPSA) is 39.1 Å². The monoisotopic (exact) mass is 235 g/mol. The molecular formula is C14H25N3. The molecule has 0 aromatic carbocycles. The third-order valence-corrected chi connectivity index (χ3v) is 4.82. The molecule has 1 aliphatic carbocycles. The number of nitrogens with zero attached hydrogens (tertiary/aromatic N) is 2. The molecule has 0 aromatic rings. The van der Waals surface area contributed by atoms with Crippen molar-refractivity contribution in [3.8, 4) is 6.07 Å². The Bertz CT molecular complexity index is 318. The Morgan fingerprint density at radius 1 is 1.29 bits per heavy atom. The molecule has 1 saturated heterocycles. The molecule has 0 radical (unpaired) electrons. The Labute approximate surface area is 105 Å². The van der Waals surface area contributed by atoms with Crippen molar-refractivity contribution in [2.75, 3.05) is 13.6 Å². The van der Waals surface area contributed by atoms with Crippen LogP contribution >= 0.6 is 0 Å². The predicted molar refractivity (Wildman–Crippen MR) is 69.7 cm³/mol. The van der Waals surface area contributed by atoms with Gasteiger partial charge in [-0.15, -0.1) is 0 Å². The van der Waals surface area contributed by atoms with Crippen LogP contribution in [0.1, 0.15) is 52.4 Å². The Morgan fingerprint density at radius 2 is 2.06 bits per heavy atom. The molecule has 2 aliphatic rings. The van der Waals surface area contributed by atoms with Crippen LogP contribution in [-0.2, 0) is 0 Å². The lowest BCUT2D eigenvalue weighted by Gasteiger charge is -2.44. The van der Waals surface area contributed by atoms with Gasteiger partial charge in [0.2, 0.25) is 0 Å². The van der Waals surface area contributed by atoms with Crippen molar-refractivity contribution in [1.29, 1.82) is 5.26 Å². The van der Waals surface area contributed by atoms with E-state index in [4.69, 9.17) is 0 Å². The highest BCUT2D eigenvalue weighted by molar-refractivity contribution is 5.11. The molecule has 96 valence electrons. The van der Waals surface area contributed by atoms with E-state index >= 15 is 0 Å². The van der Waals surface area contributed by atoms with Gasteiger partial charge in [0.15, 0.2) is 0 Å². The number of nitriles is 1. The second kappa shape index (κ2) is 4.59. The molecule has 2 unspecified atom stereocenters. The molecule has 0 amide bonds. The van der Waals surface area contributed by atoms with E-state index in [2.05, 4.69) is 30.1 Å². The minimum absolute atomic E-state index is 0.276. The zero-order chi connectivity index (χ0) is 12.5. The number of hydrogen-bond acceptors (Lipinski definition) is 3. The molecule has 17 heavy (non-hydrogen) atoms. The van der Waals surface area contributed by atoms with Crippen molar-refractivity contribution < 1.29 is 0 Å². The van der Waals surface area contributed by atoms with E-state index in [-0.39, 0.29) is 5.54 Å². The van der Waals surface area contributed by atoms with Gasteiger partial charge in [0.1, 0.15) is 5.54 Å². The lowest BCUT2D eigenvalue weighted by molar-refractivity contribution is 0.0692. The van der Waals surface area contributed by atoms with E-state index in [0.717, 1.165) is 12.8 Å². The summed E-state index contributed by atoms with van der Waals surface area (Å²) in [7, 11) is 1.93. The first-order chi connectivity index (χ1) is 8.03. The molecule has 0 spiro atoms. The third-order valence-electron chi connectivity index (χ3n) is 4.82. The van der Waals surface area contributed by atoms with Gasteiger partial charge in [0, 0.05) is 11.6 Å². The highest BCUT2D eigenvalue weighted by Crippen LogP contribution is 2.38. The molecule has 2 rings (SSSR count). The minimum Gasteiger partial charge on any atom is -0.302 e. The summed E-state index contributed by atoms with van der Waals surface area (Å²) in [4.78, 5) is 2.65. The largest absolute Gasteiger partial charge is 0.302 e. The summed E-state index contributed by atoms with van der Waals surface area (Å²) < 4.78 is 0. The van der Waals surface area contributed by atoms with Gasteiger partial charge in [-0.25, -0.2) is 0 Å². The van der Waals surface area contributed by atoms with Gasteiger partial charge in [-0.2, -0.15) is 5.26 Å². The summed E-state index contributed by atoms with van der Waals surface area (Å²) in [6, 6.07) is 3.10. The molecule has 3 nitrogen and oxygen atoms in total. The van der Waals surface area contributed by atoms with Crippen LogP contribution in [0.2, 0.25) is 0 Å². The second-order valence-electron chi connectivity index (χ2n) is 6.30. The zero-order valence-corrected chi connectivity index (χ0v) is 11.4. The molecule has 1 aliphatic heterocycles. The SMILES string of the molecule is CNC1(C#N)CCCC(N2CCCC2(C)C)C1. The predicted octanol–water partition coefficient (Wildman–Crippen LogP) is 2.29. The van der Waals surface area contributed by atoms with Gasteiger partial charge < -0.3 is 5.32 Å². The average Bonchev–Trinajstić information content (AvgIpc) is 2.69. The summed E-state index contributed by atoms with van der Waals surface area (Å²) in [6.45, 7) is 5.91. The van der Waals surface area contributed by atoms with Crippen LogP contribution < -0.4 is 5.32 Å². The van der Waals surface area contributed by atoms with E-state index in [1.165, 1.54) is 32.2 Å². The fourth-order valence-electron chi connectivity index (χ4n) is 3.70. The van der Waals surface area contributed by atoms with Crippen LogP contribution in [0.25, 0.3) is 0 Å². The number of nitrogens with one attached hydrogen (secondary N) is 1. The van der Waals surface area contributed by atoms with Crippen molar-refractivity contribution in [3.05, 3.63) is 0 Å². The Balaban J connectivity index is 2.10. The van der Waals surface area contributed by atoms with E-state index < -0.39 is 0 Å². The van der Waals surface area contributed by atoms with Gasteiger partial charge in [-0.3, -0.25) is 4.90 Å². The second-order valence-corrected chi connectivity index (χ2v) is 6.30. The van der Waals surface area contributed by atoms with E-state index in [1.54, 1.807) is 0 Å². The standard InChI is InChI=1S/C14H25N3/c1-13(2)7-5-9-17(13)12-6-4-8-14(10-12,11-15)16-3/h12,16H,4-10H2,1-3H3.